The fourth-order valence-corrected chi connectivity index (χ4v) is 1.56. The second kappa shape index (κ2) is 5.84. The Balaban J connectivity index is 2.43. The van der Waals surface area contributed by atoms with Crippen molar-refractivity contribution in [2.75, 3.05) is 0 Å². The molecule has 22 heavy (non-hydrogen) atoms. The van der Waals surface area contributed by atoms with Gasteiger partial charge < -0.3 is 10.5 Å². The van der Waals surface area contributed by atoms with E-state index in [1.54, 1.807) is 6.07 Å². The van der Waals surface area contributed by atoms with Gasteiger partial charge in [-0.15, -0.1) is 0 Å². The molecule has 0 spiro atoms. The van der Waals surface area contributed by atoms with Crippen molar-refractivity contribution in [3.05, 3.63) is 57.5 Å². The summed E-state index contributed by atoms with van der Waals surface area (Å²) in [5.74, 6) is -2.54. The Morgan fingerprint density at radius 2 is 2.18 bits per heavy atom. The quantitative estimate of drug-likeness (QED) is 0.677. The molecule has 0 unspecified atom stereocenters. The maximum atomic E-state index is 13.7. The number of carbonyl (C=O) groups is 1. The lowest BCUT2D eigenvalue weighted by Gasteiger charge is -2.08. The van der Waals surface area contributed by atoms with Crippen molar-refractivity contribution in [3.63, 3.8) is 0 Å². The summed E-state index contributed by atoms with van der Waals surface area (Å²) >= 11 is 0. The van der Waals surface area contributed by atoms with Gasteiger partial charge in [-0.2, -0.15) is 5.26 Å². The number of hydrogen-bond donors (Lipinski definition) is 1. The van der Waals surface area contributed by atoms with E-state index in [1.807, 2.05) is 0 Å². The molecule has 1 aromatic heterocycles. The summed E-state index contributed by atoms with van der Waals surface area (Å²) in [4.78, 5) is 24.8. The van der Waals surface area contributed by atoms with Gasteiger partial charge in [0.2, 0.25) is 5.88 Å². The number of nitrogens with two attached hydrogens (primary N) is 1. The summed E-state index contributed by atoms with van der Waals surface area (Å²) in [5, 5.41) is 19.3. The van der Waals surface area contributed by atoms with Crippen LogP contribution in [0.2, 0.25) is 0 Å². The van der Waals surface area contributed by atoms with Crippen LogP contribution in [0.4, 0.5) is 10.1 Å². The molecule has 0 radical (unpaired) electrons. The van der Waals surface area contributed by atoms with Crippen molar-refractivity contribution >= 4 is 11.6 Å². The zero-order valence-electron chi connectivity index (χ0n) is 10.8. The molecule has 0 atom stereocenters. The molecule has 2 rings (SSSR count). The van der Waals surface area contributed by atoms with Crippen molar-refractivity contribution in [1.82, 2.24) is 4.98 Å². The predicted octanol–water partition coefficient (Wildman–Crippen LogP) is 1.89. The van der Waals surface area contributed by atoms with Crippen molar-refractivity contribution in [2.45, 2.75) is 0 Å². The number of primary amides is 1. The molecule has 1 heterocycles. The summed E-state index contributed by atoms with van der Waals surface area (Å²) in [7, 11) is 0. The monoisotopic (exact) mass is 302 g/mol. The summed E-state index contributed by atoms with van der Waals surface area (Å²) in [5.41, 5.74) is 4.36. The lowest BCUT2D eigenvalue weighted by atomic mass is 10.2. The molecule has 0 aliphatic carbocycles. The van der Waals surface area contributed by atoms with E-state index < -0.39 is 22.3 Å². The number of aromatic nitrogens is 1. The van der Waals surface area contributed by atoms with Gasteiger partial charge in [0.05, 0.1) is 16.6 Å². The van der Waals surface area contributed by atoms with Crippen LogP contribution in [0, 0.1) is 27.3 Å². The van der Waals surface area contributed by atoms with Crippen LogP contribution in [0.1, 0.15) is 15.9 Å². The van der Waals surface area contributed by atoms with Crippen LogP contribution in [0.3, 0.4) is 0 Å². The zero-order valence-corrected chi connectivity index (χ0v) is 10.8. The van der Waals surface area contributed by atoms with Gasteiger partial charge in [-0.05, 0) is 18.2 Å². The fraction of sp³-hybridized carbons (Fsp3) is 0. The highest BCUT2D eigenvalue weighted by Gasteiger charge is 2.19. The predicted molar refractivity (Wildman–Crippen MR) is 70.6 cm³/mol. The molecule has 8 nitrogen and oxygen atoms in total. The zero-order chi connectivity index (χ0) is 16.3. The topological polar surface area (TPSA) is 132 Å². The van der Waals surface area contributed by atoms with Crippen molar-refractivity contribution in [1.29, 1.82) is 5.26 Å². The van der Waals surface area contributed by atoms with Gasteiger partial charge in [0.1, 0.15) is 11.8 Å². The lowest BCUT2D eigenvalue weighted by Crippen LogP contribution is -2.13. The molecule has 2 N–H and O–H groups in total. The SMILES string of the molecule is N#Cc1ccc(Oc2ncc([N+](=O)[O-])cc2C(N)=O)c(F)c1. The number of ether oxygens (including phenoxy) is 1. The van der Waals surface area contributed by atoms with Gasteiger partial charge in [-0.1, -0.05) is 0 Å². The molecule has 0 aliphatic heterocycles. The molecular weight excluding hydrogens is 295 g/mol. The third kappa shape index (κ3) is 2.96. The van der Waals surface area contributed by atoms with Crippen LogP contribution in [0.5, 0.6) is 11.6 Å². The maximum Gasteiger partial charge on any atom is 0.288 e. The summed E-state index contributed by atoms with van der Waals surface area (Å²) in [6.45, 7) is 0. The second-order valence-corrected chi connectivity index (χ2v) is 4.03. The number of nitriles is 1. The number of nitro groups is 1. The number of nitrogens with zero attached hydrogens (tertiary/aromatic N) is 3. The number of amides is 1. The highest BCUT2D eigenvalue weighted by atomic mass is 19.1. The molecule has 2 aromatic rings. The highest BCUT2D eigenvalue weighted by molar-refractivity contribution is 5.95. The van der Waals surface area contributed by atoms with E-state index >= 15 is 0 Å². The Bertz CT molecular complexity index is 816. The summed E-state index contributed by atoms with van der Waals surface area (Å²) in [6, 6.07) is 6.03. The second-order valence-electron chi connectivity index (χ2n) is 4.03. The van der Waals surface area contributed by atoms with Crippen molar-refractivity contribution in [2.24, 2.45) is 5.73 Å². The van der Waals surface area contributed by atoms with Crippen LogP contribution >= 0.6 is 0 Å². The maximum absolute atomic E-state index is 13.7. The van der Waals surface area contributed by atoms with Crippen molar-refractivity contribution < 1.29 is 18.8 Å². The molecule has 0 aliphatic rings. The Morgan fingerprint density at radius 1 is 1.45 bits per heavy atom. The average molecular weight is 302 g/mol. The van der Waals surface area contributed by atoms with Gasteiger partial charge in [0, 0.05) is 6.07 Å². The number of hydrogen-bond acceptors (Lipinski definition) is 6. The van der Waals surface area contributed by atoms with Crippen LogP contribution < -0.4 is 10.5 Å². The van der Waals surface area contributed by atoms with Crippen LogP contribution in [-0.2, 0) is 0 Å². The third-order valence-electron chi connectivity index (χ3n) is 2.58. The van der Waals surface area contributed by atoms with E-state index in [-0.39, 0.29) is 22.8 Å². The Kier molecular flexibility index (Phi) is 3.94. The van der Waals surface area contributed by atoms with E-state index in [0.29, 0.717) is 0 Å². The van der Waals surface area contributed by atoms with Gasteiger partial charge in [0.25, 0.3) is 11.6 Å². The van der Waals surface area contributed by atoms with Gasteiger partial charge in [-0.3, -0.25) is 14.9 Å². The smallest absolute Gasteiger partial charge is 0.288 e. The van der Waals surface area contributed by atoms with E-state index in [4.69, 9.17) is 15.7 Å². The Hall–Kier alpha value is -3.54. The standard InChI is InChI=1S/C13H7FN4O4/c14-10-3-7(5-15)1-2-11(10)22-13-9(12(16)19)4-8(6-17-13)18(20)21/h1-4,6H,(H2,16,19). The Labute approximate surface area is 122 Å². The highest BCUT2D eigenvalue weighted by Crippen LogP contribution is 2.28. The number of halogens is 1. The minimum atomic E-state index is -1.01. The minimum absolute atomic E-state index is 0.0802. The first kappa shape index (κ1) is 14.9. The minimum Gasteiger partial charge on any atom is -0.435 e. The van der Waals surface area contributed by atoms with Crippen LogP contribution in [-0.4, -0.2) is 15.8 Å². The molecule has 0 fully saturated rings. The molecule has 0 bridgehead atoms. The summed E-state index contributed by atoms with van der Waals surface area (Å²) in [6.07, 6.45) is 0.851. The van der Waals surface area contributed by atoms with Crippen LogP contribution in [0.25, 0.3) is 0 Å². The summed E-state index contributed by atoms with van der Waals surface area (Å²) < 4.78 is 18.9. The van der Waals surface area contributed by atoms with E-state index in [1.165, 1.54) is 12.1 Å². The van der Waals surface area contributed by atoms with Gasteiger partial charge in [-0.25, -0.2) is 9.37 Å². The van der Waals surface area contributed by atoms with E-state index in [0.717, 1.165) is 18.3 Å². The first-order chi connectivity index (χ1) is 10.4. The first-order valence-corrected chi connectivity index (χ1v) is 5.74. The molecule has 0 saturated heterocycles. The fourth-order valence-electron chi connectivity index (χ4n) is 1.56. The number of pyridine rings is 1. The lowest BCUT2D eigenvalue weighted by molar-refractivity contribution is -0.385. The molecular formula is C13H7FN4O4. The normalized spacial score (nSPS) is 9.82. The van der Waals surface area contributed by atoms with Crippen molar-refractivity contribution in [3.8, 4) is 17.7 Å². The average Bonchev–Trinajstić information content (AvgIpc) is 2.49. The van der Waals surface area contributed by atoms with Gasteiger partial charge in [0.15, 0.2) is 11.6 Å². The number of carbonyl (C=O) groups excluding carboxylic acids is 1. The van der Waals surface area contributed by atoms with E-state index in [2.05, 4.69) is 4.98 Å². The number of benzene rings is 1. The third-order valence-corrected chi connectivity index (χ3v) is 2.58. The van der Waals surface area contributed by atoms with Gasteiger partial charge >= 0.3 is 0 Å². The van der Waals surface area contributed by atoms with Crippen LogP contribution in [0.15, 0.2) is 30.5 Å². The molecule has 110 valence electrons. The molecule has 1 amide bonds. The number of rotatable bonds is 4. The largest absolute Gasteiger partial charge is 0.435 e. The molecule has 9 heteroatoms. The first-order valence-electron chi connectivity index (χ1n) is 5.74. The van der Waals surface area contributed by atoms with E-state index in [9.17, 15) is 19.3 Å². The molecule has 0 saturated carbocycles. The molecule has 1 aromatic carbocycles. The Morgan fingerprint density at radius 3 is 2.73 bits per heavy atom.